The molecule has 0 saturated carbocycles. The minimum Gasteiger partial charge on any atom is -0.356 e. The van der Waals surface area contributed by atoms with Gasteiger partial charge in [0.25, 0.3) is 0 Å². The summed E-state index contributed by atoms with van der Waals surface area (Å²) in [5.74, 6) is 0.883. The van der Waals surface area contributed by atoms with Crippen LogP contribution in [0.25, 0.3) is 0 Å². The molecule has 6 heteroatoms. The van der Waals surface area contributed by atoms with Crippen LogP contribution in [0.1, 0.15) is 25.5 Å². The van der Waals surface area contributed by atoms with Crippen molar-refractivity contribution in [2.45, 2.75) is 32.2 Å². The van der Waals surface area contributed by atoms with Gasteiger partial charge >= 0.3 is 0 Å². The Bertz CT molecular complexity index is 437. The summed E-state index contributed by atoms with van der Waals surface area (Å²) in [5, 5.41) is 6.79. The molecule has 22 heavy (non-hydrogen) atoms. The zero-order chi connectivity index (χ0) is 14.9. The molecule has 1 aromatic rings. The van der Waals surface area contributed by atoms with Crippen molar-refractivity contribution in [1.82, 2.24) is 20.5 Å². The Morgan fingerprint density at radius 1 is 1.41 bits per heavy atom. The van der Waals surface area contributed by atoms with E-state index in [-0.39, 0.29) is 24.0 Å². The van der Waals surface area contributed by atoms with Crippen LogP contribution in [-0.2, 0) is 6.42 Å². The van der Waals surface area contributed by atoms with Crippen molar-refractivity contribution in [1.29, 1.82) is 0 Å². The summed E-state index contributed by atoms with van der Waals surface area (Å²) in [7, 11) is 1.82. The Labute approximate surface area is 151 Å². The summed E-state index contributed by atoms with van der Waals surface area (Å²) in [6.45, 7) is 6.42. The van der Waals surface area contributed by atoms with E-state index in [0.29, 0.717) is 6.04 Å². The van der Waals surface area contributed by atoms with Gasteiger partial charge in [-0.25, -0.2) is 0 Å². The molecule has 0 spiro atoms. The second-order valence-electron chi connectivity index (χ2n) is 5.38. The summed E-state index contributed by atoms with van der Waals surface area (Å²) in [4.78, 5) is 11.1. The lowest BCUT2D eigenvalue weighted by atomic mass is 10.2. The number of nitrogens with one attached hydrogen (secondary N) is 2. The van der Waals surface area contributed by atoms with E-state index in [9.17, 15) is 0 Å². The first-order valence-corrected chi connectivity index (χ1v) is 7.92. The van der Waals surface area contributed by atoms with Crippen LogP contribution < -0.4 is 10.6 Å². The standard InChI is InChI=1S/C16H27N5.HI/c1-3-21-12-6-8-15(21)13-20-16(17-2)19-11-9-14-7-4-5-10-18-14;/h4-5,7,10,15H,3,6,8-9,11-13H2,1-2H3,(H2,17,19,20);1H. The van der Waals surface area contributed by atoms with Crippen LogP contribution in [0.3, 0.4) is 0 Å². The first kappa shape index (κ1) is 19.2. The first-order chi connectivity index (χ1) is 10.3. The minimum atomic E-state index is 0. The zero-order valence-electron chi connectivity index (χ0n) is 13.6. The molecule has 2 heterocycles. The Morgan fingerprint density at radius 3 is 2.95 bits per heavy atom. The van der Waals surface area contributed by atoms with Gasteiger partial charge < -0.3 is 10.6 Å². The van der Waals surface area contributed by atoms with Crippen LogP contribution in [0.2, 0.25) is 0 Å². The van der Waals surface area contributed by atoms with Gasteiger partial charge in [0.15, 0.2) is 5.96 Å². The van der Waals surface area contributed by atoms with E-state index in [4.69, 9.17) is 0 Å². The highest BCUT2D eigenvalue weighted by Crippen LogP contribution is 2.15. The predicted molar refractivity (Wildman–Crippen MR) is 103 cm³/mol. The lowest BCUT2D eigenvalue weighted by molar-refractivity contribution is 0.267. The Kier molecular flexibility index (Phi) is 9.38. The van der Waals surface area contributed by atoms with Crippen molar-refractivity contribution in [2.24, 2.45) is 4.99 Å². The number of pyridine rings is 1. The molecular weight excluding hydrogens is 389 g/mol. The van der Waals surface area contributed by atoms with Crippen LogP contribution in [0.4, 0.5) is 0 Å². The molecule has 1 aliphatic heterocycles. The summed E-state index contributed by atoms with van der Waals surface area (Å²) < 4.78 is 0. The monoisotopic (exact) mass is 417 g/mol. The predicted octanol–water partition coefficient (Wildman–Crippen LogP) is 1.89. The third-order valence-corrected chi connectivity index (χ3v) is 4.03. The van der Waals surface area contributed by atoms with Gasteiger partial charge in [-0.2, -0.15) is 0 Å². The lowest BCUT2D eigenvalue weighted by Gasteiger charge is -2.23. The molecule has 124 valence electrons. The average molecular weight is 417 g/mol. The van der Waals surface area contributed by atoms with E-state index < -0.39 is 0 Å². The number of likely N-dealkylation sites (tertiary alicyclic amines) is 1. The quantitative estimate of drug-likeness (QED) is 0.422. The van der Waals surface area contributed by atoms with E-state index in [1.165, 1.54) is 19.4 Å². The van der Waals surface area contributed by atoms with E-state index in [1.54, 1.807) is 0 Å². The normalized spacial score (nSPS) is 18.8. The van der Waals surface area contributed by atoms with Crippen molar-refractivity contribution >= 4 is 29.9 Å². The maximum absolute atomic E-state index is 4.32. The molecule has 0 aromatic carbocycles. The van der Waals surface area contributed by atoms with Gasteiger partial charge in [0.1, 0.15) is 0 Å². The van der Waals surface area contributed by atoms with Crippen LogP contribution >= 0.6 is 24.0 Å². The lowest BCUT2D eigenvalue weighted by Crippen LogP contribution is -2.45. The van der Waals surface area contributed by atoms with Gasteiger partial charge in [-0.15, -0.1) is 24.0 Å². The number of aliphatic imine (C=N–C) groups is 1. The number of nitrogens with zero attached hydrogens (tertiary/aromatic N) is 3. The molecule has 1 unspecified atom stereocenters. The van der Waals surface area contributed by atoms with E-state index in [1.807, 2.05) is 25.4 Å². The molecule has 1 atom stereocenters. The second-order valence-corrected chi connectivity index (χ2v) is 5.38. The van der Waals surface area contributed by atoms with E-state index in [2.05, 4.69) is 38.5 Å². The topological polar surface area (TPSA) is 52.5 Å². The Morgan fingerprint density at radius 2 is 2.27 bits per heavy atom. The fourth-order valence-corrected chi connectivity index (χ4v) is 2.83. The maximum atomic E-state index is 4.32. The number of guanidine groups is 1. The number of aromatic nitrogens is 1. The summed E-state index contributed by atoms with van der Waals surface area (Å²) in [6.07, 6.45) is 5.34. The molecule has 2 rings (SSSR count). The number of rotatable bonds is 6. The smallest absolute Gasteiger partial charge is 0.191 e. The molecule has 5 nitrogen and oxygen atoms in total. The third-order valence-electron chi connectivity index (χ3n) is 4.03. The first-order valence-electron chi connectivity index (χ1n) is 7.92. The number of halogens is 1. The van der Waals surface area contributed by atoms with Gasteiger partial charge in [0.2, 0.25) is 0 Å². The largest absolute Gasteiger partial charge is 0.356 e. The number of hydrogen-bond acceptors (Lipinski definition) is 3. The Balaban J connectivity index is 0.00000242. The second kappa shape index (κ2) is 10.8. The molecule has 0 aliphatic carbocycles. The molecule has 1 saturated heterocycles. The SMILES string of the molecule is CCN1CCCC1CNC(=NC)NCCc1ccccn1.I. The molecule has 1 aliphatic rings. The van der Waals surface area contributed by atoms with Gasteiger partial charge in [0.05, 0.1) is 0 Å². The Hall–Kier alpha value is -0.890. The minimum absolute atomic E-state index is 0. The van der Waals surface area contributed by atoms with Crippen molar-refractivity contribution < 1.29 is 0 Å². The van der Waals surface area contributed by atoms with Crippen LogP contribution in [-0.4, -0.2) is 55.1 Å². The average Bonchev–Trinajstić information content (AvgIpc) is 2.99. The molecule has 0 bridgehead atoms. The highest BCUT2D eigenvalue weighted by Gasteiger charge is 2.22. The fourth-order valence-electron chi connectivity index (χ4n) is 2.83. The summed E-state index contributed by atoms with van der Waals surface area (Å²) in [5.41, 5.74) is 1.11. The maximum Gasteiger partial charge on any atom is 0.191 e. The van der Waals surface area contributed by atoms with Crippen molar-refractivity contribution in [2.75, 3.05) is 33.2 Å². The van der Waals surface area contributed by atoms with Crippen molar-refractivity contribution in [3.05, 3.63) is 30.1 Å². The molecular formula is C16H28IN5. The van der Waals surface area contributed by atoms with E-state index >= 15 is 0 Å². The zero-order valence-corrected chi connectivity index (χ0v) is 15.9. The molecule has 2 N–H and O–H groups in total. The highest BCUT2D eigenvalue weighted by molar-refractivity contribution is 14.0. The summed E-state index contributed by atoms with van der Waals surface area (Å²) in [6, 6.07) is 6.66. The van der Waals surface area contributed by atoms with Crippen molar-refractivity contribution in [3.63, 3.8) is 0 Å². The molecule has 1 fully saturated rings. The van der Waals surface area contributed by atoms with Gasteiger partial charge in [-0.1, -0.05) is 13.0 Å². The van der Waals surface area contributed by atoms with Gasteiger partial charge in [-0.3, -0.25) is 14.9 Å². The molecule has 0 amide bonds. The van der Waals surface area contributed by atoms with Crippen molar-refractivity contribution in [3.8, 4) is 0 Å². The third kappa shape index (κ3) is 6.08. The molecule has 1 aromatic heterocycles. The van der Waals surface area contributed by atoms with Crippen LogP contribution in [0, 0.1) is 0 Å². The van der Waals surface area contributed by atoms with Gasteiger partial charge in [0, 0.05) is 44.5 Å². The summed E-state index contributed by atoms with van der Waals surface area (Å²) >= 11 is 0. The van der Waals surface area contributed by atoms with Crippen LogP contribution in [0.5, 0.6) is 0 Å². The van der Waals surface area contributed by atoms with Crippen LogP contribution in [0.15, 0.2) is 29.4 Å². The van der Waals surface area contributed by atoms with Gasteiger partial charge in [-0.05, 0) is 38.1 Å². The molecule has 0 radical (unpaired) electrons. The van der Waals surface area contributed by atoms with E-state index in [0.717, 1.165) is 37.7 Å². The fraction of sp³-hybridized carbons (Fsp3) is 0.625. The number of hydrogen-bond donors (Lipinski definition) is 2. The highest BCUT2D eigenvalue weighted by atomic mass is 127. The number of likely N-dealkylation sites (N-methyl/N-ethyl adjacent to an activating group) is 1.